The molecule has 0 radical (unpaired) electrons. The minimum atomic E-state index is -3.86. The van der Waals surface area contributed by atoms with Gasteiger partial charge in [0.2, 0.25) is 10.0 Å². The van der Waals surface area contributed by atoms with Crippen LogP contribution in [0.15, 0.2) is 53.4 Å². The maximum atomic E-state index is 12.6. The highest BCUT2D eigenvalue weighted by molar-refractivity contribution is 7.94. The van der Waals surface area contributed by atoms with Gasteiger partial charge in [0.15, 0.2) is 6.61 Å². The predicted molar refractivity (Wildman–Crippen MR) is 107 cm³/mol. The molecule has 0 unspecified atom stereocenters. The largest absolute Gasteiger partial charge is 0.484 e. The summed E-state index contributed by atoms with van der Waals surface area (Å²) in [4.78, 5) is 10.7. The number of benzene rings is 2. The summed E-state index contributed by atoms with van der Waals surface area (Å²) in [6.07, 6.45) is 0. The highest BCUT2D eigenvalue weighted by Gasteiger charge is 2.37. The third kappa shape index (κ3) is 4.28. The van der Waals surface area contributed by atoms with Crippen molar-refractivity contribution in [3.8, 4) is 5.75 Å². The van der Waals surface area contributed by atoms with E-state index in [1.54, 1.807) is 24.3 Å². The zero-order valence-electron chi connectivity index (χ0n) is 15.5. The highest BCUT2D eigenvalue weighted by Crippen LogP contribution is 2.39. The van der Waals surface area contributed by atoms with Crippen molar-refractivity contribution in [1.82, 2.24) is 4.72 Å². The van der Waals surface area contributed by atoms with E-state index in [-0.39, 0.29) is 24.6 Å². The van der Waals surface area contributed by atoms with E-state index in [1.807, 2.05) is 0 Å². The first-order chi connectivity index (χ1) is 13.6. The van der Waals surface area contributed by atoms with E-state index < -0.39 is 26.1 Å². The van der Waals surface area contributed by atoms with Crippen LogP contribution in [0.3, 0.4) is 0 Å². The summed E-state index contributed by atoms with van der Waals surface area (Å²) >= 11 is 0. The quantitative estimate of drug-likeness (QED) is 0.594. The van der Waals surface area contributed by atoms with Crippen molar-refractivity contribution in [3.63, 3.8) is 0 Å². The third-order valence-electron chi connectivity index (χ3n) is 4.24. The van der Waals surface area contributed by atoms with Crippen molar-refractivity contribution in [2.45, 2.75) is 4.90 Å². The van der Waals surface area contributed by atoms with Gasteiger partial charge in [-0.25, -0.2) is 17.4 Å². The van der Waals surface area contributed by atoms with Crippen molar-refractivity contribution < 1.29 is 26.4 Å². The molecule has 156 valence electrons. The maximum Gasteiger partial charge on any atom is 0.326 e. The lowest BCUT2D eigenvalue weighted by Gasteiger charge is -2.19. The van der Waals surface area contributed by atoms with Gasteiger partial charge in [-0.3, -0.25) is 9.10 Å². The molecule has 3 N–H and O–H groups in total. The normalized spacial score (nSPS) is 15.2. The number of fused-ring (bicyclic) bond motifs is 1. The van der Waals surface area contributed by atoms with E-state index in [0.717, 1.165) is 8.61 Å². The molecule has 0 atom stereocenters. The summed E-state index contributed by atoms with van der Waals surface area (Å²) in [7, 11) is -6.16. The summed E-state index contributed by atoms with van der Waals surface area (Å²) < 4.78 is 59.8. The molecule has 0 bridgehead atoms. The fourth-order valence-electron chi connectivity index (χ4n) is 2.81. The summed E-state index contributed by atoms with van der Waals surface area (Å²) in [5.74, 6) is -0.349. The highest BCUT2D eigenvalue weighted by atomic mass is 32.2. The number of hydrogen-bond acceptors (Lipinski definition) is 6. The molecule has 1 amide bonds. The number of nitrogens with two attached hydrogens (primary N) is 1. The lowest BCUT2D eigenvalue weighted by Crippen LogP contribution is -2.40. The zero-order chi connectivity index (χ0) is 21.2. The Morgan fingerprint density at radius 1 is 1.10 bits per heavy atom. The van der Waals surface area contributed by atoms with Crippen molar-refractivity contribution in [3.05, 3.63) is 48.5 Å². The topological polar surface area (TPSA) is 139 Å². The first-order valence-corrected chi connectivity index (χ1v) is 11.4. The van der Waals surface area contributed by atoms with Crippen LogP contribution in [-0.2, 0) is 25.0 Å². The van der Waals surface area contributed by atoms with Crippen LogP contribution in [0.2, 0.25) is 0 Å². The summed E-state index contributed by atoms with van der Waals surface area (Å²) in [5, 5.41) is 0. The van der Waals surface area contributed by atoms with Gasteiger partial charge in [-0.2, -0.15) is 8.42 Å². The molecule has 0 saturated heterocycles. The summed E-state index contributed by atoms with van der Waals surface area (Å²) in [6, 6.07) is 12.2. The Balaban J connectivity index is 1.66. The van der Waals surface area contributed by atoms with Crippen LogP contribution in [0.4, 0.5) is 11.4 Å². The van der Waals surface area contributed by atoms with Gasteiger partial charge in [0, 0.05) is 20.1 Å². The molecule has 0 aromatic heterocycles. The number of carbonyl (C=O) groups is 1. The van der Waals surface area contributed by atoms with Gasteiger partial charge in [-0.15, -0.1) is 0 Å². The number of ether oxygens (including phenoxy) is 1. The van der Waals surface area contributed by atoms with Gasteiger partial charge < -0.3 is 10.5 Å². The van der Waals surface area contributed by atoms with Gasteiger partial charge in [0.05, 0.1) is 16.3 Å². The molecule has 0 spiro atoms. The molecule has 29 heavy (non-hydrogen) atoms. The maximum absolute atomic E-state index is 12.6. The third-order valence-corrected chi connectivity index (χ3v) is 7.54. The molecule has 10 nitrogen and oxygen atoms in total. The first kappa shape index (κ1) is 20.9. The second-order valence-electron chi connectivity index (χ2n) is 6.16. The molecule has 1 heterocycles. The van der Waals surface area contributed by atoms with Crippen molar-refractivity contribution in [1.29, 1.82) is 0 Å². The molecule has 1 aliphatic heterocycles. The minimum absolute atomic E-state index is 0.0225. The van der Waals surface area contributed by atoms with Gasteiger partial charge in [0.1, 0.15) is 5.75 Å². The Hall–Kier alpha value is -2.83. The number of hydrogen-bond donors (Lipinski definition) is 2. The van der Waals surface area contributed by atoms with Crippen LogP contribution in [-0.4, -0.2) is 49.5 Å². The number of nitrogens with zero attached hydrogens (tertiary/aromatic N) is 2. The van der Waals surface area contributed by atoms with Crippen LogP contribution in [0.5, 0.6) is 5.75 Å². The Morgan fingerprint density at radius 2 is 1.72 bits per heavy atom. The Labute approximate surface area is 169 Å². The smallest absolute Gasteiger partial charge is 0.326 e. The monoisotopic (exact) mass is 440 g/mol. The van der Waals surface area contributed by atoms with Crippen LogP contribution >= 0.6 is 0 Å². The van der Waals surface area contributed by atoms with E-state index in [1.165, 1.54) is 31.3 Å². The number of rotatable bonds is 8. The fraction of sp³-hybridized carbons (Fsp3) is 0.235. The van der Waals surface area contributed by atoms with Gasteiger partial charge >= 0.3 is 10.2 Å². The van der Waals surface area contributed by atoms with Crippen LogP contribution < -0.4 is 23.8 Å². The molecule has 0 fully saturated rings. The summed E-state index contributed by atoms with van der Waals surface area (Å²) in [6.45, 7) is -0.503. The average Bonchev–Trinajstić information content (AvgIpc) is 2.87. The second-order valence-corrected chi connectivity index (χ2v) is 9.81. The van der Waals surface area contributed by atoms with Gasteiger partial charge in [-0.1, -0.05) is 12.1 Å². The average molecular weight is 441 g/mol. The number of carbonyl (C=O) groups excluding carboxylic acids is 1. The van der Waals surface area contributed by atoms with E-state index in [9.17, 15) is 21.6 Å². The molecule has 2 aromatic carbocycles. The van der Waals surface area contributed by atoms with Crippen molar-refractivity contribution >= 4 is 37.5 Å². The lowest BCUT2D eigenvalue weighted by molar-refractivity contribution is -0.119. The van der Waals surface area contributed by atoms with E-state index in [0.29, 0.717) is 17.1 Å². The molecule has 2 aromatic rings. The van der Waals surface area contributed by atoms with E-state index in [4.69, 9.17) is 10.5 Å². The fourth-order valence-corrected chi connectivity index (χ4v) is 5.25. The van der Waals surface area contributed by atoms with Crippen molar-refractivity contribution in [2.24, 2.45) is 5.73 Å². The molecule has 0 aliphatic carbocycles. The second kappa shape index (κ2) is 7.89. The molecular weight excluding hydrogens is 420 g/mol. The number of nitrogens with one attached hydrogen (secondary N) is 1. The number of amides is 1. The molecular formula is C17H20N4O6S2. The van der Waals surface area contributed by atoms with E-state index in [2.05, 4.69) is 4.72 Å². The van der Waals surface area contributed by atoms with Crippen molar-refractivity contribution in [2.75, 3.05) is 35.4 Å². The minimum Gasteiger partial charge on any atom is -0.484 e. The number of sulfonamides is 1. The van der Waals surface area contributed by atoms with E-state index >= 15 is 0 Å². The van der Waals surface area contributed by atoms with Gasteiger partial charge in [-0.05, 0) is 36.4 Å². The van der Waals surface area contributed by atoms with Crippen LogP contribution in [0, 0.1) is 0 Å². The lowest BCUT2D eigenvalue weighted by atomic mass is 10.2. The Morgan fingerprint density at radius 3 is 2.34 bits per heavy atom. The summed E-state index contributed by atoms with van der Waals surface area (Å²) in [5.41, 5.74) is 6.00. The zero-order valence-corrected chi connectivity index (χ0v) is 17.1. The number of para-hydroxylation sites is 2. The standard InChI is InChI=1S/C17H20N4O6S2/c1-20-15-4-2-3-5-16(15)21(29(20,25)26)11-10-19-28(23,24)14-8-6-13(7-9-14)27-12-17(18)22/h2-9,19H,10-12H2,1H3,(H2,18,22). The predicted octanol–water partition coefficient (Wildman–Crippen LogP) is 0.0302. The molecule has 0 saturated carbocycles. The Bertz CT molecular complexity index is 1120. The Kier molecular flexibility index (Phi) is 5.68. The SMILES string of the molecule is CN1c2ccccc2N(CCNS(=O)(=O)c2ccc(OCC(N)=O)cc2)S1(=O)=O. The van der Waals surface area contributed by atoms with Gasteiger partial charge in [0.25, 0.3) is 5.91 Å². The number of anilines is 2. The van der Waals surface area contributed by atoms with Crippen LogP contribution in [0.25, 0.3) is 0 Å². The molecule has 1 aliphatic rings. The van der Waals surface area contributed by atoms with Crippen LogP contribution in [0.1, 0.15) is 0 Å². The number of primary amides is 1. The first-order valence-electron chi connectivity index (χ1n) is 8.49. The molecule has 3 rings (SSSR count). The molecule has 12 heteroatoms.